The van der Waals surface area contributed by atoms with Crippen molar-refractivity contribution in [3.05, 3.63) is 0 Å². The fraction of sp³-hybridized carbons (Fsp3) is 0.842. The molecule has 0 aromatic rings. The SMILES string of the molecule is C#CCOCCOCCOCCOCCOCCOCC(=O)OC(C)(C)C. The van der Waals surface area contributed by atoms with Crippen molar-refractivity contribution in [2.24, 2.45) is 0 Å². The van der Waals surface area contributed by atoms with Crippen molar-refractivity contribution < 1.29 is 38.0 Å². The molecule has 0 atom stereocenters. The summed E-state index contributed by atoms with van der Waals surface area (Å²) in [6, 6.07) is 0. The number of terminal acetylenes is 1. The first-order valence-corrected chi connectivity index (χ1v) is 9.07. The Morgan fingerprint density at radius 2 is 1.07 bits per heavy atom. The lowest BCUT2D eigenvalue weighted by Crippen LogP contribution is -2.27. The molecule has 0 rings (SSSR count). The summed E-state index contributed by atoms with van der Waals surface area (Å²) in [5.41, 5.74) is -0.498. The lowest BCUT2D eigenvalue weighted by atomic mass is 10.2. The lowest BCUT2D eigenvalue weighted by Gasteiger charge is -2.19. The summed E-state index contributed by atoms with van der Waals surface area (Å²) in [4.78, 5) is 11.4. The average molecular weight is 390 g/mol. The molecule has 0 saturated carbocycles. The topological polar surface area (TPSA) is 81.7 Å². The van der Waals surface area contributed by atoms with Crippen molar-refractivity contribution in [2.75, 3.05) is 79.3 Å². The summed E-state index contributed by atoms with van der Waals surface area (Å²) >= 11 is 0. The minimum atomic E-state index is -0.498. The van der Waals surface area contributed by atoms with E-state index < -0.39 is 5.60 Å². The summed E-state index contributed by atoms with van der Waals surface area (Å²) in [7, 11) is 0. The zero-order chi connectivity index (χ0) is 20.2. The molecule has 0 saturated heterocycles. The van der Waals surface area contributed by atoms with Gasteiger partial charge in [0.05, 0.1) is 66.1 Å². The largest absolute Gasteiger partial charge is 0.458 e. The minimum absolute atomic E-state index is 0.0733. The Balaban J connectivity index is 3.13. The van der Waals surface area contributed by atoms with Gasteiger partial charge in [-0.3, -0.25) is 0 Å². The van der Waals surface area contributed by atoms with Gasteiger partial charge in [-0.05, 0) is 20.8 Å². The van der Waals surface area contributed by atoms with E-state index in [1.165, 1.54) is 0 Å². The standard InChI is InChI=1S/C19H34O8/c1-5-6-21-7-8-22-9-10-23-11-12-24-13-14-25-15-16-26-17-18(20)27-19(2,3)4/h1H,6-17H2,2-4H3. The molecule has 0 radical (unpaired) electrons. The molecule has 0 N–H and O–H groups in total. The number of hydrogen-bond donors (Lipinski definition) is 0. The normalized spacial score (nSPS) is 11.3. The van der Waals surface area contributed by atoms with E-state index in [0.717, 1.165) is 0 Å². The first kappa shape index (κ1) is 25.8. The molecule has 158 valence electrons. The van der Waals surface area contributed by atoms with E-state index in [9.17, 15) is 4.79 Å². The molecule has 0 aromatic heterocycles. The van der Waals surface area contributed by atoms with Gasteiger partial charge in [0.2, 0.25) is 0 Å². The van der Waals surface area contributed by atoms with Gasteiger partial charge in [0, 0.05) is 0 Å². The fourth-order valence-electron chi connectivity index (χ4n) is 1.66. The molecular formula is C19H34O8. The summed E-state index contributed by atoms with van der Waals surface area (Å²) in [5, 5.41) is 0. The third-order valence-corrected chi connectivity index (χ3v) is 2.69. The van der Waals surface area contributed by atoms with Crippen LogP contribution in [0.3, 0.4) is 0 Å². The van der Waals surface area contributed by atoms with Gasteiger partial charge in [0.25, 0.3) is 0 Å². The van der Waals surface area contributed by atoms with E-state index in [-0.39, 0.29) is 12.6 Å². The summed E-state index contributed by atoms with van der Waals surface area (Å²) in [5.74, 6) is 2.00. The van der Waals surface area contributed by atoms with E-state index in [0.29, 0.717) is 72.7 Å². The molecule has 8 nitrogen and oxygen atoms in total. The van der Waals surface area contributed by atoms with Gasteiger partial charge < -0.3 is 33.2 Å². The molecule has 0 amide bonds. The Labute approximate surface area is 162 Å². The predicted octanol–water partition coefficient (Wildman–Crippen LogP) is 1.06. The number of ether oxygens (including phenoxy) is 7. The second kappa shape index (κ2) is 18.2. The third-order valence-electron chi connectivity index (χ3n) is 2.69. The number of rotatable bonds is 18. The molecule has 0 heterocycles. The smallest absolute Gasteiger partial charge is 0.332 e. The van der Waals surface area contributed by atoms with Crippen molar-refractivity contribution in [1.29, 1.82) is 0 Å². The highest BCUT2D eigenvalue weighted by Gasteiger charge is 2.15. The highest BCUT2D eigenvalue weighted by Crippen LogP contribution is 2.06. The van der Waals surface area contributed by atoms with Gasteiger partial charge in [-0.25, -0.2) is 4.79 Å². The van der Waals surface area contributed by atoms with Crippen molar-refractivity contribution in [2.45, 2.75) is 26.4 Å². The Kier molecular flexibility index (Phi) is 17.4. The number of carbonyl (C=O) groups is 1. The second-order valence-electron chi connectivity index (χ2n) is 6.35. The zero-order valence-electron chi connectivity index (χ0n) is 16.8. The minimum Gasteiger partial charge on any atom is -0.458 e. The van der Waals surface area contributed by atoms with Crippen molar-refractivity contribution >= 4 is 5.97 Å². The highest BCUT2D eigenvalue weighted by molar-refractivity contribution is 5.71. The van der Waals surface area contributed by atoms with Gasteiger partial charge in [0.1, 0.15) is 18.8 Å². The molecule has 0 fully saturated rings. The maximum atomic E-state index is 11.4. The van der Waals surface area contributed by atoms with Gasteiger partial charge >= 0.3 is 5.97 Å². The number of hydrogen-bond acceptors (Lipinski definition) is 8. The number of carbonyl (C=O) groups excluding carboxylic acids is 1. The Morgan fingerprint density at radius 3 is 1.44 bits per heavy atom. The monoisotopic (exact) mass is 390 g/mol. The summed E-state index contributed by atoms with van der Waals surface area (Å²) in [6.07, 6.45) is 5.05. The Bertz CT molecular complexity index is 386. The fourth-order valence-corrected chi connectivity index (χ4v) is 1.66. The van der Waals surface area contributed by atoms with Crippen LogP contribution in [0.4, 0.5) is 0 Å². The molecule has 0 aliphatic heterocycles. The Morgan fingerprint density at radius 1 is 0.704 bits per heavy atom. The molecule has 0 spiro atoms. The summed E-state index contributed by atoms with van der Waals surface area (Å²) in [6.45, 7) is 10.3. The molecule has 0 unspecified atom stereocenters. The van der Waals surface area contributed by atoms with Gasteiger partial charge in [-0.2, -0.15) is 0 Å². The van der Waals surface area contributed by atoms with Crippen LogP contribution in [0.25, 0.3) is 0 Å². The highest BCUT2D eigenvalue weighted by atomic mass is 16.6. The van der Waals surface area contributed by atoms with E-state index in [4.69, 9.17) is 39.6 Å². The van der Waals surface area contributed by atoms with Crippen LogP contribution in [0.5, 0.6) is 0 Å². The molecule has 0 aliphatic carbocycles. The Hall–Kier alpha value is -1.21. The van der Waals surface area contributed by atoms with Crippen LogP contribution >= 0.6 is 0 Å². The maximum absolute atomic E-state index is 11.4. The van der Waals surface area contributed by atoms with Crippen LogP contribution in [0.2, 0.25) is 0 Å². The first-order chi connectivity index (χ1) is 13.0. The lowest BCUT2D eigenvalue weighted by molar-refractivity contribution is -0.160. The van der Waals surface area contributed by atoms with Gasteiger partial charge in [0.15, 0.2) is 0 Å². The van der Waals surface area contributed by atoms with E-state index in [1.54, 1.807) is 0 Å². The zero-order valence-corrected chi connectivity index (χ0v) is 16.8. The van der Waals surface area contributed by atoms with Crippen LogP contribution in [0.15, 0.2) is 0 Å². The van der Waals surface area contributed by atoms with E-state index in [1.807, 2.05) is 20.8 Å². The van der Waals surface area contributed by atoms with Crippen molar-refractivity contribution in [3.8, 4) is 12.3 Å². The first-order valence-electron chi connectivity index (χ1n) is 9.07. The summed E-state index contributed by atoms with van der Waals surface area (Å²) < 4.78 is 36.7. The van der Waals surface area contributed by atoms with Gasteiger partial charge in [-0.1, -0.05) is 5.92 Å². The maximum Gasteiger partial charge on any atom is 0.332 e. The van der Waals surface area contributed by atoms with E-state index in [2.05, 4.69) is 5.92 Å². The van der Waals surface area contributed by atoms with Crippen LogP contribution in [-0.4, -0.2) is 90.9 Å². The van der Waals surface area contributed by atoms with Crippen LogP contribution in [-0.2, 0) is 38.0 Å². The number of esters is 1. The molecular weight excluding hydrogens is 356 g/mol. The van der Waals surface area contributed by atoms with Crippen LogP contribution < -0.4 is 0 Å². The van der Waals surface area contributed by atoms with E-state index >= 15 is 0 Å². The van der Waals surface area contributed by atoms with Crippen LogP contribution in [0, 0.1) is 12.3 Å². The quantitative estimate of drug-likeness (QED) is 0.195. The van der Waals surface area contributed by atoms with Crippen molar-refractivity contribution in [1.82, 2.24) is 0 Å². The van der Waals surface area contributed by atoms with Crippen LogP contribution in [0.1, 0.15) is 20.8 Å². The molecule has 0 aromatic carbocycles. The van der Waals surface area contributed by atoms with Crippen molar-refractivity contribution in [3.63, 3.8) is 0 Å². The molecule has 0 aliphatic rings. The molecule has 0 bridgehead atoms. The average Bonchev–Trinajstić information content (AvgIpc) is 2.59. The molecule has 27 heavy (non-hydrogen) atoms. The second-order valence-corrected chi connectivity index (χ2v) is 6.35. The third kappa shape index (κ3) is 22.7. The van der Waals surface area contributed by atoms with Gasteiger partial charge in [-0.15, -0.1) is 6.42 Å². The molecule has 8 heteroatoms. The predicted molar refractivity (Wildman–Crippen MR) is 99.6 cm³/mol.